The summed E-state index contributed by atoms with van der Waals surface area (Å²) < 4.78 is 3.59. The van der Waals surface area contributed by atoms with Gasteiger partial charge in [-0.2, -0.15) is 10.2 Å². The number of rotatable bonds is 6. The van der Waals surface area contributed by atoms with Crippen LogP contribution in [0.4, 0.5) is 0 Å². The summed E-state index contributed by atoms with van der Waals surface area (Å²) in [6, 6.07) is -0.359. The number of carbonyl (C=O) groups is 1. The highest BCUT2D eigenvalue weighted by Gasteiger charge is 2.23. The molecular formula is C16H24ClN5O. The van der Waals surface area contributed by atoms with Gasteiger partial charge in [-0.15, -0.1) is 0 Å². The molecule has 1 N–H and O–H groups in total. The van der Waals surface area contributed by atoms with Gasteiger partial charge in [0.05, 0.1) is 22.1 Å². The zero-order valence-electron chi connectivity index (χ0n) is 14.4. The number of aryl methyl sites for hydroxylation is 3. The lowest BCUT2D eigenvalue weighted by Gasteiger charge is -2.17. The first kappa shape index (κ1) is 17.5. The third-order valence-electron chi connectivity index (χ3n) is 4.05. The molecule has 0 aliphatic heterocycles. The van der Waals surface area contributed by atoms with Crippen LogP contribution in [-0.2, 0) is 17.9 Å². The third-order valence-corrected chi connectivity index (χ3v) is 4.59. The molecule has 126 valence electrons. The molecule has 23 heavy (non-hydrogen) atoms. The molecule has 7 heteroatoms. The lowest BCUT2D eigenvalue weighted by molar-refractivity contribution is -0.124. The van der Waals surface area contributed by atoms with Crippen molar-refractivity contribution in [3.63, 3.8) is 0 Å². The fourth-order valence-corrected chi connectivity index (χ4v) is 2.73. The minimum atomic E-state index is -0.359. The molecule has 2 aromatic rings. The number of aromatic nitrogens is 4. The van der Waals surface area contributed by atoms with Crippen LogP contribution < -0.4 is 5.32 Å². The van der Waals surface area contributed by atoms with E-state index in [4.69, 9.17) is 11.6 Å². The van der Waals surface area contributed by atoms with E-state index in [-0.39, 0.29) is 11.9 Å². The van der Waals surface area contributed by atoms with E-state index in [2.05, 4.69) is 15.5 Å². The monoisotopic (exact) mass is 337 g/mol. The van der Waals surface area contributed by atoms with E-state index in [0.717, 1.165) is 29.2 Å². The van der Waals surface area contributed by atoms with E-state index in [0.29, 0.717) is 18.0 Å². The largest absolute Gasteiger partial charge is 0.350 e. The van der Waals surface area contributed by atoms with Crippen LogP contribution in [0.2, 0.25) is 5.02 Å². The first-order valence-electron chi connectivity index (χ1n) is 7.90. The van der Waals surface area contributed by atoms with Crippen LogP contribution in [-0.4, -0.2) is 25.5 Å². The fraction of sp³-hybridized carbons (Fsp3) is 0.562. The number of halogens is 1. The molecule has 2 aromatic heterocycles. The van der Waals surface area contributed by atoms with Gasteiger partial charge < -0.3 is 5.32 Å². The lowest BCUT2D eigenvalue weighted by Crippen LogP contribution is -2.33. The van der Waals surface area contributed by atoms with Crippen molar-refractivity contribution in [2.45, 2.75) is 60.2 Å². The van der Waals surface area contributed by atoms with Crippen molar-refractivity contribution in [2.24, 2.45) is 0 Å². The second-order valence-electron chi connectivity index (χ2n) is 5.67. The quantitative estimate of drug-likeness (QED) is 0.881. The Morgan fingerprint density at radius 3 is 2.43 bits per heavy atom. The predicted octanol–water partition coefficient (Wildman–Crippen LogP) is 2.95. The summed E-state index contributed by atoms with van der Waals surface area (Å²) in [6.07, 6.45) is 2.62. The Morgan fingerprint density at radius 1 is 1.26 bits per heavy atom. The number of carbonyl (C=O) groups excluding carboxylic acids is 1. The maximum absolute atomic E-state index is 12.6. The van der Waals surface area contributed by atoms with Gasteiger partial charge in [0, 0.05) is 24.8 Å². The Balaban J connectivity index is 2.11. The second-order valence-corrected chi connectivity index (χ2v) is 6.04. The molecule has 1 atom stereocenters. The third kappa shape index (κ3) is 3.58. The van der Waals surface area contributed by atoms with Crippen LogP contribution in [0.15, 0.2) is 6.20 Å². The molecular weight excluding hydrogens is 314 g/mol. The molecule has 1 amide bonds. The summed E-state index contributed by atoms with van der Waals surface area (Å²) in [4.78, 5) is 12.6. The molecule has 0 saturated carbocycles. The molecule has 0 spiro atoms. The van der Waals surface area contributed by atoms with E-state index in [9.17, 15) is 4.79 Å². The van der Waals surface area contributed by atoms with Crippen molar-refractivity contribution in [2.75, 3.05) is 0 Å². The Labute approximate surface area is 141 Å². The average molecular weight is 338 g/mol. The van der Waals surface area contributed by atoms with Gasteiger partial charge in [0.2, 0.25) is 5.91 Å². The Bertz CT molecular complexity index is 704. The topological polar surface area (TPSA) is 64.7 Å². The van der Waals surface area contributed by atoms with E-state index in [1.807, 2.05) is 45.5 Å². The summed E-state index contributed by atoms with van der Waals surface area (Å²) in [5, 5.41) is 12.4. The maximum atomic E-state index is 12.6. The van der Waals surface area contributed by atoms with E-state index < -0.39 is 0 Å². The van der Waals surface area contributed by atoms with Crippen molar-refractivity contribution in [1.29, 1.82) is 0 Å². The molecule has 6 nitrogen and oxygen atoms in total. The highest BCUT2D eigenvalue weighted by Crippen LogP contribution is 2.23. The molecule has 0 aliphatic rings. The minimum Gasteiger partial charge on any atom is -0.350 e. The summed E-state index contributed by atoms with van der Waals surface area (Å²) in [6.45, 7) is 11.0. The lowest BCUT2D eigenvalue weighted by atomic mass is 10.2. The molecule has 0 radical (unpaired) electrons. The fourth-order valence-electron chi connectivity index (χ4n) is 2.61. The van der Waals surface area contributed by atoms with Gasteiger partial charge in [0.1, 0.15) is 6.04 Å². The summed E-state index contributed by atoms with van der Waals surface area (Å²) in [7, 11) is 0. The van der Waals surface area contributed by atoms with Gasteiger partial charge in [-0.3, -0.25) is 14.2 Å². The SMILES string of the molecule is CCC(C(=O)NCc1cn(CC)nc1C)n1nc(C)c(Cl)c1C. The van der Waals surface area contributed by atoms with Crippen molar-refractivity contribution in [3.8, 4) is 0 Å². The highest BCUT2D eigenvalue weighted by molar-refractivity contribution is 6.31. The number of hydrogen-bond donors (Lipinski definition) is 1. The number of hydrogen-bond acceptors (Lipinski definition) is 3. The molecule has 0 aromatic carbocycles. The average Bonchev–Trinajstić information content (AvgIpc) is 3.01. The van der Waals surface area contributed by atoms with Crippen molar-refractivity contribution in [1.82, 2.24) is 24.9 Å². The van der Waals surface area contributed by atoms with Crippen molar-refractivity contribution in [3.05, 3.63) is 33.9 Å². The zero-order valence-corrected chi connectivity index (χ0v) is 15.1. The summed E-state index contributed by atoms with van der Waals surface area (Å²) in [5.74, 6) is -0.0570. The molecule has 2 rings (SSSR count). The molecule has 0 bridgehead atoms. The van der Waals surface area contributed by atoms with Crippen LogP contribution in [0.3, 0.4) is 0 Å². The van der Waals surface area contributed by atoms with Gasteiger partial charge in [-0.25, -0.2) is 0 Å². The van der Waals surface area contributed by atoms with E-state index >= 15 is 0 Å². The van der Waals surface area contributed by atoms with Gasteiger partial charge in [-0.05, 0) is 34.1 Å². The number of nitrogens with one attached hydrogen (secondary N) is 1. The zero-order chi connectivity index (χ0) is 17.1. The van der Waals surface area contributed by atoms with Gasteiger partial charge in [0.25, 0.3) is 0 Å². The molecule has 0 saturated heterocycles. The number of nitrogens with zero attached hydrogens (tertiary/aromatic N) is 4. The first-order valence-corrected chi connectivity index (χ1v) is 8.28. The Hall–Kier alpha value is -1.82. The van der Waals surface area contributed by atoms with Crippen molar-refractivity contribution >= 4 is 17.5 Å². The minimum absolute atomic E-state index is 0.0570. The smallest absolute Gasteiger partial charge is 0.245 e. The molecule has 0 fully saturated rings. The van der Waals surface area contributed by atoms with Gasteiger partial charge in [0.15, 0.2) is 0 Å². The summed E-state index contributed by atoms with van der Waals surface area (Å²) in [5.41, 5.74) is 3.53. The van der Waals surface area contributed by atoms with Crippen LogP contribution in [0.1, 0.15) is 49.0 Å². The Kier molecular flexibility index (Phi) is 5.46. The van der Waals surface area contributed by atoms with Gasteiger partial charge >= 0.3 is 0 Å². The normalized spacial score (nSPS) is 12.4. The van der Waals surface area contributed by atoms with Crippen LogP contribution in [0.5, 0.6) is 0 Å². The van der Waals surface area contributed by atoms with Crippen molar-refractivity contribution < 1.29 is 4.79 Å². The van der Waals surface area contributed by atoms with Crippen LogP contribution >= 0.6 is 11.6 Å². The van der Waals surface area contributed by atoms with Gasteiger partial charge in [-0.1, -0.05) is 18.5 Å². The van der Waals surface area contributed by atoms with Crippen LogP contribution in [0, 0.1) is 20.8 Å². The summed E-state index contributed by atoms with van der Waals surface area (Å²) >= 11 is 6.19. The number of amides is 1. The highest BCUT2D eigenvalue weighted by atomic mass is 35.5. The van der Waals surface area contributed by atoms with E-state index in [1.54, 1.807) is 4.68 Å². The first-order chi connectivity index (χ1) is 10.9. The molecule has 1 unspecified atom stereocenters. The Morgan fingerprint density at radius 2 is 1.96 bits per heavy atom. The maximum Gasteiger partial charge on any atom is 0.245 e. The predicted molar refractivity (Wildman–Crippen MR) is 90.5 cm³/mol. The van der Waals surface area contributed by atoms with Crippen LogP contribution in [0.25, 0.3) is 0 Å². The standard InChI is InChI=1S/C16H24ClN5O/c1-6-14(22-12(5)15(17)11(4)20-22)16(23)18-8-13-9-21(7-2)19-10(13)3/h9,14H,6-8H2,1-5H3,(H,18,23). The van der Waals surface area contributed by atoms with E-state index in [1.165, 1.54) is 0 Å². The second kappa shape index (κ2) is 7.17. The molecule has 2 heterocycles. The molecule has 0 aliphatic carbocycles.